The van der Waals surface area contributed by atoms with Gasteiger partial charge in [0.2, 0.25) is 0 Å². The van der Waals surface area contributed by atoms with Crippen LogP contribution in [0.4, 0.5) is 5.69 Å². The van der Waals surface area contributed by atoms with E-state index in [1.54, 1.807) is 12.1 Å². The standard InChI is InChI=1S/C14H20ClNO4/c1-4-5-6-10(14(17)18)16-11-8-12(19-2)9(15)7-13(11)20-3/h7-8,10,16H,4-6H2,1-3H3,(H,17,18). The number of carboxylic acid groups (broad SMARTS) is 1. The maximum atomic E-state index is 11.3. The first-order chi connectivity index (χ1) is 9.53. The first-order valence-electron chi connectivity index (χ1n) is 6.44. The van der Waals surface area contributed by atoms with Gasteiger partial charge < -0.3 is 19.9 Å². The van der Waals surface area contributed by atoms with Gasteiger partial charge >= 0.3 is 5.97 Å². The fourth-order valence-electron chi connectivity index (χ4n) is 1.83. The van der Waals surface area contributed by atoms with Crippen LogP contribution in [0, 0.1) is 0 Å². The van der Waals surface area contributed by atoms with E-state index >= 15 is 0 Å². The van der Waals surface area contributed by atoms with Crippen LogP contribution in [-0.4, -0.2) is 31.3 Å². The van der Waals surface area contributed by atoms with Gasteiger partial charge in [0.15, 0.2) is 0 Å². The monoisotopic (exact) mass is 301 g/mol. The molecule has 2 N–H and O–H groups in total. The largest absolute Gasteiger partial charge is 0.495 e. The van der Waals surface area contributed by atoms with Gasteiger partial charge in [-0.05, 0) is 6.42 Å². The van der Waals surface area contributed by atoms with Gasteiger partial charge in [-0.15, -0.1) is 0 Å². The molecular formula is C14H20ClNO4. The zero-order valence-electron chi connectivity index (χ0n) is 11.9. The fourth-order valence-corrected chi connectivity index (χ4v) is 2.06. The van der Waals surface area contributed by atoms with E-state index in [2.05, 4.69) is 5.32 Å². The van der Waals surface area contributed by atoms with Gasteiger partial charge in [0.25, 0.3) is 0 Å². The molecule has 0 aliphatic heterocycles. The number of carbonyl (C=O) groups is 1. The highest BCUT2D eigenvalue weighted by atomic mass is 35.5. The van der Waals surface area contributed by atoms with Crippen molar-refractivity contribution in [2.24, 2.45) is 0 Å². The lowest BCUT2D eigenvalue weighted by molar-refractivity contribution is -0.138. The lowest BCUT2D eigenvalue weighted by atomic mass is 10.1. The Labute approximate surface area is 123 Å². The SMILES string of the molecule is CCCCC(Nc1cc(OC)c(Cl)cc1OC)C(=O)O. The Kier molecular flexibility index (Phi) is 6.45. The third-order valence-corrected chi connectivity index (χ3v) is 3.24. The van der Waals surface area contributed by atoms with Crippen LogP contribution in [0.15, 0.2) is 12.1 Å². The summed E-state index contributed by atoms with van der Waals surface area (Å²) in [6, 6.07) is 2.57. The molecule has 1 unspecified atom stereocenters. The Bertz CT molecular complexity index is 465. The molecule has 0 saturated heterocycles. The van der Waals surface area contributed by atoms with Crippen LogP contribution in [0.25, 0.3) is 0 Å². The zero-order chi connectivity index (χ0) is 15.1. The van der Waals surface area contributed by atoms with Crippen LogP contribution in [0.1, 0.15) is 26.2 Å². The topological polar surface area (TPSA) is 67.8 Å². The number of anilines is 1. The molecule has 5 nitrogen and oxygen atoms in total. The minimum absolute atomic E-state index is 0.412. The molecule has 0 spiro atoms. The van der Waals surface area contributed by atoms with Crippen molar-refractivity contribution in [1.82, 2.24) is 0 Å². The van der Waals surface area contributed by atoms with Crippen molar-refractivity contribution < 1.29 is 19.4 Å². The average Bonchev–Trinajstić information content (AvgIpc) is 2.43. The van der Waals surface area contributed by atoms with E-state index in [1.807, 2.05) is 6.92 Å². The highest BCUT2D eigenvalue weighted by Gasteiger charge is 2.19. The number of nitrogens with one attached hydrogen (secondary N) is 1. The molecule has 6 heteroatoms. The Hall–Kier alpha value is -1.62. The number of benzene rings is 1. The fraction of sp³-hybridized carbons (Fsp3) is 0.500. The van der Waals surface area contributed by atoms with Gasteiger partial charge in [-0.1, -0.05) is 31.4 Å². The van der Waals surface area contributed by atoms with E-state index in [-0.39, 0.29) is 0 Å². The Balaban J connectivity index is 3.01. The quantitative estimate of drug-likeness (QED) is 0.770. The molecule has 0 saturated carbocycles. The van der Waals surface area contributed by atoms with Crippen LogP contribution in [0.2, 0.25) is 5.02 Å². The molecule has 20 heavy (non-hydrogen) atoms. The first kappa shape index (κ1) is 16.4. The third kappa shape index (κ3) is 4.20. The number of halogens is 1. The number of carboxylic acids is 1. The van der Waals surface area contributed by atoms with Crippen LogP contribution in [0.5, 0.6) is 11.5 Å². The Morgan fingerprint density at radius 3 is 2.50 bits per heavy atom. The molecule has 1 aromatic carbocycles. The van der Waals surface area contributed by atoms with Crippen molar-refractivity contribution >= 4 is 23.3 Å². The van der Waals surface area contributed by atoms with Gasteiger partial charge in [0, 0.05) is 12.1 Å². The number of rotatable bonds is 8. The van der Waals surface area contributed by atoms with Gasteiger partial charge in [-0.3, -0.25) is 0 Å². The Morgan fingerprint density at radius 1 is 1.35 bits per heavy atom. The summed E-state index contributed by atoms with van der Waals surface area (Å²) < 4.78 is 10.3. The highest BCUT2D eigenvalue weighted by molar-refractivity contribution is 6.32. The van der Waals surface area contributed by atoms with Crippen LogP contribution >= 0.6 is 11.6 Å². The van der Waals surface area contributed by atoms with Gasteiger partial charge in [-0.25, -0.2) is 4.79 Å². The molecule has 0 amide bonds. The Morgan fingerprint density at radius 2 is 2.00 bits per heavy atom. The molecule has 0 heterocycles. The van der Waals surface area contributed by atoms with Crippen molar-refractivity contribution in [3.63, 3.8) is 0 Å². The van der Waals surface area contributed by atoms with E-state index in [0.29, 0.717) is 28.6 Å². The summed E-state index contributed by atoms with van der Waals surface area (Å²) in [6.45, 7) is 2.02. The molecule has 112 valence electrons. The van der Waals surface area contributed by atoms with Crippen LogP contribution < -0.4 is 14.8 Å². The van der Waals surface area contributed by atoms with Crippen LogP contribution in [0.3, 0.4) is 0 Å². The predicted molar refractivity (Wildman–Crippen MR) is 79.1 cm³/mol. The summed E-state index contributed by atoms with van der Waals surface area (Å²) in [7, 11) is 3.01. The summed E-state index contributed by atoms with van der Waals surface area (Å²) in [4.78, 5) is 11.3. The van der Waals surface area contributed by atoms with E-state index in [9.17, 15) is 9.90 Å². The summed E-state index contributed by atoms with van der Waals surface area (Å²) in [6.07, 6.45) is 2.31. The highest BCUT2D eigenvalue weighted by Crippen LogP contribution is 2.36. The number of ether oxygens (including phenoxy) is 2. The summed E-state index contributed by atoms with van der Waals surface area (Å²) in [5, 5.41) is 12.6. The molecule has 0 fully saturated rings. The van der Waals surface area contributed by atoms with Crippen molar-refractivity contribution in [3.05, 3.63) is 17.2 Å². The summed E-state index contributed by atoms with van der Waals surface area (Å²) in [5.74, 6) is 0.0579. The van der Waals surface area contributed by atoms with Crippen molar-refractivity contribution in [2.45, 2.75) is 32.2 Å². The summed E-state index contributed by atoms with van der Waals surface area (Å²) >= 11 is 6.01. The minimum atomic E-state index is -0.894. The smallest absolute Gasteiger partial charge is 0.326 e. The van der Waals surface area contributed by atoms with Gasteiger partial charge in [0.05, 0.1) is 24.9 Å². The van der Waals surface area contributed by atoms with Gasteiger partial charge in [0.1, 0.15) is 17.5 Å². The third-order valence-electron chi connectivity index (χ3n) is 2.95. The van der Waals surface area contributed by atoms with Crippen molar-refractivity contribution in [3.8, 4) is 11.5 Å². The van der Waals surface area contributed by atoms with Crippen LogP contribution in [-0.2, 0) is 4.79 Å². The number of methoxy groups -OCH3 is 2. The number of hydrogen-bond donors (Lipinski definition) is 2. The minimum Gasteiger partial charge on any atom is -0.495 e. The molecule has 0 aliphatic carbocycles. The maximum absolute atomic E-state index is 11.3. The second-order valence-corrected chi connectivity index (χ2v) is 4.77. The molecule has 1 rings (SSSR count). The predicted octanol–water partition coefficient (Wildman–Crippen LogP) is 3.41. The lowest BCUT2D eigenvalue weighted by Gasteiger charge is -2.19. The molecule has 1 aromatic rings. The van der Waals surface area contributed by atoms with Gasteiger partial charge in [-0.2, -0.15) is 0 Å². The molecular weight excluding hydrogens is 282 g/mol. The number of unbranched alkanes of at least 4 members (excludes halogenated alkanes) is 1. The summed E-state index contributed by atoms with van der Waals surface area (Å²) in [5.41, 5.74) is 0.553. The second kappa shape index (κ2) is 7.85. The van der Waals surface area contributed by atoms with E-state index in [0.717, 1.165) is 12.8 Å². The average molecular weight is 302 g/mol. The number of aliphatic carboxylic acids is 1. The molecule has 0 aromatic heterocycles. The van der Waals surface area contributed by atoms with E-state index in [1.165, 1.54) is 14.2 Å². The first-order valence-corrected chi connectivity index (χ1v) is 6.82. The van der Waals surface area contributed by atoms with Crippen molar-refractivity contribution in [2.75, 3.05) is 19.5 Å². The van der Waals surface area contributed by atoms with Crippen molar-refractivity contribution in [1.29, 1.82) is 0 Å². The normalized spacial score (nSPS) is 11.8. The molecule has 0 radical (unpaired) electrons. The van der Waals surface area contributed by atoms with E-state index < -0.39 is 12.0 Å². The number of hydrogen-bond acceptors (Lipinski definition) is 4. The molecule has 0 aliphatic rings. The molecule has 0 bridgehead atoms. The van der Waals surface area contributed by atoms with E-state index in [4.69, 9.17) is 21.1 Å². The lowest BCUT2D eigenvalue weighted by Crippen LogP contribution is -2.29. The second-order valence-electron chi connectivity index (χ2n) is 4.36. The molecule has 1 atom stereocenters. The zero-order valence-corrected chi connectivity index (χ0v) is 12.7. The maximum Gasteiger partial charge on any atom is 0.326 e.